The number of aromatic nitrogens is 2. The first kappa shape index (κ1) is 23.4. The zero-order chi connectivity index (χ0) is 24.4. The molecule has 0 saturated carbocycles. The molecule has 2 heterocycles. The van der Waals surface area contributed by atoms with Crippen LogP contribution in [0, 0.1) is 0 Å². The Kier molecular flexibility index (Phi) is 6.49. The van der Waals surface area contributed by atoms with Crippen molar-refractivity contribution in [3.63, 3.8) is 0 Å². The number of pyridine rings is 1. The van der Waals surface area contributed by atoms with Crippen molar-refractivity contribution in [1.29, 1.82) is 0 Å². The van der Waals surface area contributed by atoms with Crippen LogP contribution in [0.25, 0.3) is 33.1 Å². The highest BCUT2D eigenvalue weighted by Gasteiger charge is 2.30. The van der Waals surface area contributed by atoms with Gasteiger partial charge < -0.3 is 10.3 Å². The second-order valence-corrected chi connectivity index (χ2v) is 9.70. The summed E-state index contributed by atoms with van der Waals surface area (Å²) in [5.41, 5.74) is 4.19. The van der Waals surface area contributed by atoms with Crippen molar-refractivity contribution < 1.29 is 13.2 Å². The normalized spacial score (nSPS) is 11.7. The van der Waals surface area contributed by atoms with Gasteiger partial charge in [-0.05, 0) is 29.8 Å². The van der Waals surface area contributed by atoms with Gasteiger partial charge >= 0.3 is 6.18 Å². The predicted molar refractivity (Wildman–Crippen MR) is 141 cm³/mol. The second-order valence-electron chi connectivity index (χ2n) is 8.05. The van der Waals surface area contributed by atoms with E-state index >= 15 is 0 Å². The Balaban J connectivity index is 1.45. The van der Waals surface area contributed by atoms with Gasteiger partial charge in [0.05, 0.1) is 29.0 Å². The maximum absolute atomic E-state index is 13.1. The maximum Gasteiger partial charge on any atom is 0.416 e. The number of hydrogen-bond donors (Lipinski definition) is 2. The van der Waals surface area contributed by atoms with E-state index in [4.69, 9.17) is 17.2 Å². The number of alkyl halides is 3. The Morgan fingerprint density at radius 3 is 2.37 bits per heavy atom. The highest BCUT2D eigenvalue weighted by Crippen LogP contribution is 2.35. The topological polar surface area (TPSA) is 40.7 Å². The molecule has 0 unspecified atom stereocenters. The summed E-state index contributed by atoms with van der Waals surface area (Å²) in [4.78, 5) is 8.19. The molecule has 0 spiro atoms. The summed E-state index contributed by atoms with van der Waals surface area (Å²) in [5.74, 6) is 0.762. The molecular weight excluding hydrogens is 487 g/mol. The number of nitrogens with one attached hydrogen (secondary N) is 2. The third-order valence-corrected chi connectivity index (χ3v) is 7.04. The van der Waals surface area contributed by atoms with E-state index in [1.54, 1.807) is 11.8 Å². The van der Waals surface area contributed by atoms with E-state index in [-0.39, 0.29) is 0 Å². The molecule has 5 rings (SSSR count). The summed E-state index contributed by atoms with van der Waals surface area (Å²) >= 11 is 7.04. The Morgan fingerprint density at radius 2 is 1.63 bits per heavy atom. The molecular formula is C27H20F3N3S2. The average molecular weight is 508 g/mol. The minimum absolute atomic E-state index is 0.406. The Morgan fingerprint density at radius 1 is 0.914 bits per heavy atom. The van der Waals surface area contributed by atoms with Gasteiger partial charge in [-0.3, -0.25) is 0 Å². The van der Waals surface area contributed by atoms with E-state index in [1.165, 1.54) is 17.7 Å². The molecule has 35 heavy (non-hydrogen) atoms. The van der Waals surface area contributed by atoms with Crippen LogP contribution >= 0.6 is 24.0 Å². The fourth-order valence-corrected chi connectivity index (χ4v) is 4.87. The van der Waals surface area contributed by atoms with Crippen molar-refractivity contribution >= 4 is 50.1 Å². The van der Waals surface area contributed by atoms with Crippen LogP contribution < -0.4 is 5.32 Å². The number of fused-ring (bicyclic) bond motifs is 3. The lowest BCUT2D eigenvalue weighted by atomic mass is 10.0. The van der Waals surface area contributed by atoms with Crippen LogP contribution in [0.15, 0.2) is 84.9 Å². The fraction of sp³-hybridized carbons (Fsp3) is 0.111. The van der Waals surface area contributed by atoms with Gasteiger partial charge in [0.1, 0.15) is 4.32 Å². The van der Waals surface area contributed by atoms with Crippen LogP contribution in [0.3, 0.4) is 0 Å². The summed E-state index contributed by atoms with van der Waals surface area (Å²) in [7, 11) is 0. The lowest BCUT2D eigenvalue weighted by Crippen LogP contribution is -2.18. The Bertz CT molecular complexity index is 1490. The van der Waals surface area contributed by atoms with Crippen molar-refractivity contribution in [2.45, 2.75) is 18.5 Å². The van der Waals surface area contributed by atoms with Crippen LogP contribution in [0.5, 0.6) is 0 Å². The van der Waals surface area contributed by atoms with Crippen LogP contribution in [-0.4, -0.2) is 14.3 Å². The van der Waals surface area contributed by atoms with Gasteiger partial charge in [0.25, 0.3) is 0 Å². The van der Waals surface area contributed by atoms with Crippen molar-refractivity contribution in [2.75, 3.05) is 0 Å². The second kappa shape index (κ2) is 9.71. The zero-order valence-electron chi connectivity index (χ0n) is 18.4. The summed E-state index contributed by atoms with van der Waals surface area (Å²) in [6.45, 7) is 0.406. The third kappa shape index (κ3) is 5.18. The van der Waals surface area contributed by atoms with Gasteiger partial charge in [-0.15, -0.1) is 0 Å². The van der Waals surface area contributed by atoms with Gasteiger partial charge in [-0.2, -0.15) is 13.2 Å². The van der Waals surface area contributed by atoms with E-state index < -0.39 is 11.7 Å². The molecule has 0 bridgehead atoms. The molecule has 2 aromatic heterocycles. The first-order chi connectivity index (χ1) is 16.9. The molecule has 0 amide bonds. The predicted octanol–water partition coefficient (Wildman–Crippen LogP) is 7.71. The number of nitrogens with zero attached hydrogens (tertiary/aromatic N) is 1. The third-order valence-electron chi connectivity index (χ3n) is 5.66. The quantitative estimate of drug-likeness (QED) is 0.239. The molecule has 176 valence electrons. The number of aromatic amines is 1. The monoisotopic (exact) mass is 507 g/mol. The van der Waals surface area contributed by atoms with Gasteiger partial charge in [0.15, 0.2) is 0 Å². The Labute approximate surface area is 209 Å². The molecule has 2 N–H and O–H groups in total. The minimum Gasteiger partial charge on any atom is -0.365 e. The molecule has 0 aliphatic carbocycles. The lowest BCUT2D eigenvalue weighted by Gasteiger charge is -2.11. The Hall–Kier alpha value is -3.36. The number of thioether (sulfide) groups is 1. The molecule has 0 radical (unpaired) electrons. The number of H-pyrrole nitrogens is 1. The summed E-state index contributed by atoms with van der Waals surface area (Å²) < 4.78 is 39.9. The van der Waals surface area contributed by atoms with Crippen LogP contribution in [-0.2, 0) is 18.5 Å². The number of rotatable bonds is 5. The van der Waals surface area contributed by atoms with Crippen molar-refractivity contribution in [3.05, 3.63) is 102 Å². The summed E-state index contributed by atoms with van der Waals surface area (Å²) in [6, 6.07) is 25.1. The zero-order valence-corrected chi connectivity index (χ0v) is 20.0. The van der Waals surface area contributed by atoms with Crippen molar-refractivity contribution in [3.8, 4) is 11.3 Å². The first-order valence-electron chi connectivity index (χ1n) is 10.9. The van der Waals surface area contributed by atoms with Gasteiger partial charge in [-0.1, -0.05) is 84.6 Å². The van der Waals surface area contributed by atoms with Gasteiger partial charge in [-0.25, -0.2) is 4.98 Å². The molecule has 3 nitrogen and oxygen atoms in total. The van der Waals surface area contributed by atoms with E-state index in [9.17, 15) is 13.2 Å². The largest absolute Gasteiger partial charge is 0.416 e. The SMILES string of the molecule is FC(F)(F)c1ccc(-c2nc(CNC(=S)SCc3ccccc3)cc3c2[nH]c2ccccc23)cc1. The molecule has 0 aliphatic heterocycles. The number of para-hydroxylation sites is 1. The minimum atomic E-state index is -4.39. The number of benzene rings is 3. The summed E-state index contributed by atoms with van der Waals surface area (Å²) in [5, 5.41) is 5.25. The molecule has 0 aliphatic rings. The fourth-order valence-electron chi connectivity index (χ4n) is 3.95. The molecule has 0 fully saturated rings. The van der Waals surface area contributed by atoms with Crippen LogP contribution in [0.1, 0.15) is 16.8 Å². The van der Waals surface area contributed by atoms with Gasteiger partial charge in [0.2, 0.25) is 0 Å². The van der Waals surface area contributed by atoms with Crippen molar-refractivity contribution in [2.24, 2.45) is 0 Å². The standard InChI is InChI=1S/C27H20F3N3S2/c28-27(29,30)19-12-10-18(11-13-19)24-25-22(21-8-4-5-9-23(21)33-25)14-20(32-24)15-31-26(34)35-16-17-6-2-1-3-7-17/h1-14,33H,15-16H2,(H,31,34). The highest BCUT2D eigenvalue weighted by atomic mass is 32.2. The highest BCUT2D eigenvalue weighted by molar-refractivity contribution is 8.22. The van der Waals surface area contributed by atoms with E-state index in [0.29, 0.717) is 22.1 Å². The van der Waals surface area contributed by atoms with Crippen LogP contribution in [0.2, 0.25) is 0 Å². The van der Waals surface area contributed by atoms with E-state index in [0.717, 1.165) is 45.4 Å². The van der Waals surface area contributed by atoms with Crippen LogP contribution in [0.4, 0.5) is 13.2 Å². The maximum atomic E-state index is 13.1. The molecule has 8 heteroatoms. The van der Waals surface area contributed by atoms with E-state index in [2.05, 4.69) is 22.4 Å². The number of hydrogen-bond acceptors (Lipinski definition) is 3. The van der Waals surface area contributed by atoms with Gasteiger partial charge in [0, 0.05) is 27.6 Å². The molecule has 0 atom stereocenters. The molecule has 3 aromatic carbocycles. The lowest BCUT2D eigenvalue weighted by molar-refractivity contribution is -0.137. The smallest absolute Gasteiger partial charge is 0.365 e. The first-order valence-corrected chi connectivity index (χ1v) is 12.3. The molecule has 5 aromatic rings. The van der Waals surface area contributed by atoms with Crippen molar-refractivity contribution in [1.82, 2.24) is 15.3 Å². The number of thiocarbonyl (C=S) groups is 1. The molecule has 0 saturated heterocycles. The summed E-state index contributed by atoms with van der Waals surface area (Å²) in [6.07, 6.45) is -4.39. The average Bonchev–Trinajstić information content (AvgIpc) is 3.24. The number of halogens is 3. The van der Waals surface area contributed by atoms with E-state index in [1.807, 2.05) is 48.5 Å².